The molecule has 1 fully saturated rings. The Kier molecular flexibility index (Phi) is 5.89. The van der Waals surface area contributed by atoms with Crippen LogP contribution in [0.4, 0.5) is 4.39 Å². The first kappa shape index (κ1) is 18.5. The molecule has 7 heteroatoms. The molecule has 3 rings (SSSR count). The number of sulfonamides is 1. The molecule has 136 valence electrons. The maximum absolute atomic E-state index is 13.4. The van der Waals surface area contributed by atoms with Crippen LogP contribution in [0.15, 0.2) is 40.6 Å². The van der Waals surface area contributed by atoms with Gasteiger partial charge in [-0.25, -0.2) is 17.5 Å². The summed E-state index contributed by atoms with van der Waals surface area (Å²) in [4.78, 5) is 3.80. The Morgan fingerprint density at radius 1 is 1.28 bits per heavy atom. The van der Waals surface area contributed by atoms with Gasteiger partial charge >= 0.3 is 0 Å². The summed E-state index contributed by atoms with van der Waals surface area (Å²) in [6.45, 7) is 5.01. The summed E-state index contributed by atoms with van der Waals surface area (Å²) >= 11 is 1.77. The van der Waals surface area contributed by atoms with Crippen molar-refractivity contribution in [2.45, 2.75) is 31.2 Å². The van der Waals surface area contributed by atoms with Gasteiger partial charge in [0, 0.05) is 18.0 Å². The molecule has 1 aromatic heterocycles. The van der Waals surface area contributed by atoms with E-state index in [9.17, 15) is 12.8 Å². The summed E-state index contributed by atoms with van der Waals surface area (Å²) in [7, 11) is -3.67. The van der Waals surface area contributed by atoms with Crippen molar-refractivity contribution in [3.63, 3.8) is 0 Å². The number of rotatable bonds is 6. The Balaban J connectivity index is 1.51. The molecule has 1 aliphatic rings. The lowest BCUT2D eigenvalue weighted by molar-refractivity contribution is 0.180. The van der Waals surface area contributed by atoms with Gasteiger partial charge in [0.2, 0.25) is 10.0 Å². The lowest BCUT2D eigenvalue weighted by Crippen LogP contribution is -2.38. The lowest BCUT2D eigenvalue weighted by Gasteiger charge is -2.31. The van der Waals surface area contributed by atoms with Gasteiger partial charge in [-0.1, -0.05) is 12.1 Å². The van der Waals surface area contributed by atoms with E-state index in [4.69, 9.17) is 0 Å². The minimum absolute atomic E-state index is 0.0302. The molecule has 0 atom stereocenters. The Hall–Kier alpha value is -1.28. The highest BCUT2D eigenvalue weighted by Crippen LogP contribution is 2.21. The predicted octanol–water partition coefficient (Wildman–Crippen LogP) is 3.39. The maximum atomic E-state index is 13.4. The number of aryl methyl sites for hydroxylation is 1. The number of likely N-dealkylation sites (tertiary alicyclic amines) is 1. The van der Waals surface area contributed by atoms with Crippen LogP contribution in [0.25, 0.3) is 0 Å². The maximum Gasteiger partial charge on any atom is 0.240 e. The molecule has 0 unspecified atom stereocenters. The normalized spacial score (nSPS) is 17.0. The molecule has 2 aromatic rings. The summed E-state index contributed by atoms with van der Waals surface area (Å²) in [5.74, 6) is -0.212. The largest absolute Gasteiger partial charge is 0.298 e. The molecular formula is C18H23FN2O2S2. The number of halogens is 1. The molecule has 0 saturated carbocycles. The van der Waals surface area contributed by atoms with Gasteiger partial charge in [0.15, 0.2) is 0 Å². The zero-order valence-corrected chi connectivity index (χ0v) is 15.9. The summed E-state index contributed by atoms with van der Waals surface area (Å²) in [5.41, 5.74) is 0.555. The van der Waals surface area contributed by atoms with Gasteiger partial charge in [-0.3, -0.25) is 4.90 Å². The van der Waals surface area contributed by atoms with Crippen LogP contribution < -0.4 is 4.72 Å². The van der Waals surface area contributed by atoms with E-state index in [1.807, 2.05) is 0 Å². The van der Waals surface area contributed by atoms with Crippen LogP contribution in [0.5, 0.6) is 0 Å². The van der Waals surface area contributed by atoms with Gasteiger partial charge in [0.1, 0.15) is 5.82 Å². The van der Waals surface area contributed by atoms with Gasteiger partial charge in [-0.05, 0) is 67.9 Å². The van der Waals surface area contributed by atoms with Gasteiger partial charge in [0.05, 0.1) is 4.90 Å². The van der Waals surface area contributed by atoms with Crippen molar-refractivity contribution in [1.82, 2.24) is 9.62 Å². The number of thiophene rings is 1. The first-order valence-corrected chi connectivity index (χ1v) is 10.8. The highest BCUT2D eigenvalue weighted by Gasteiger charge is 2.23. The average Bonchev–Trinajstić information content (AvgIpc) is 3.09. The molecule has 2 heterocycles. The second-order valence-corrected chi connectivity index (χ2v) is 9.33. The number of nitrogens with zero attached hydrogens (tertiary/aromatic N) is 1. The van der Waals surface area contributed by atoms with E-state index in [-0.39, 0.29) is 4.90 Å². The third-order valence-corrected chi connectivity index (χ3v) is 7.10. The third kappa shape index (κ3) is 4.88. The van der Waals surface area contributed by atoms with Crippen LogP contribution in [0.3, 0.4) is 0 Å². The Morgan fingerprint density at radius 2 is 2.04 bits per heavy atom. The fourth-order valence-corrected chi connectivity index (χ4v) is 5.26. The molecule has 0 radical (unpaired) electrons. The zero-order valence-electron chi connectivity index (χ0n) is 14.2. The standard InChI is InChI=1S/C18H23FN2O2S2/c1-14-4-5-16(19)11-18(14)25(22,23)20-12-15-6-8-21(9-7-15)13-17-3-2-10-24-17/h2-5,10-11,15,20H,6-9,12-13H2,1H3. The van der Waals surface area contributed by atoms with E-state index in [1.165, 1.54) is 17.0 Å². The predicted molar refractivity (Wildman–Crippen MR) is 98.6 cm³/mol. The molecule has 0 amide bonds. The monoisotopic (exact) mass is 382 g/mol. The van der Waals surface area contributed by atoms with Crippen molar-refractivity contribution in [3.05, 3.63) is 52.0 Å². The van der Waals surface area contributed by atoms with E-state index >= 15 is 0 Å². The van der Waals surface area contributed by atoms with E-state index in [0.717, 1.165) is 38.5 Å². The molecule has 1 N–H and O–H groups in total. The Labute approximate surface area is 152 Å². The van der Waals surface area contributed by atoms with Gasteiger partial charge in [0.25, 0.3) is 0 Å². The van der Waals surface area contributed by atoms with Gasteiger partial charge < -0.3 is 0 Å². The number of nitrogens with one attached hydrogen (secondary N) is 1. The van der Waals surface area contributed by atoms with Crippen molar-refractivity contribution in [2.24, 2.45) is 5.92 Å². The third-order valence-electron chi connectivity index (χ3n) is 4.67. The lowest BCUT2D eigenvalue weighted by atomic mass is 9.97. The minimum atomic E-state index is -3.67. The highest BCUT2D eigenvalue weighted by molar-refractivity contribution is 7.89. The van der Waals surface area contributed by atoms with Crippen LogP contribution in [0.1, 0.15) is 23.3 Å². The van der Waals surface area contributed by atoms with E-state index in [0.29, 0.717) is 18.0 Å². The molecule has 4 nitrogen and oxygen atoms in total. The topological polar surface area (TPSA) is 49.4 Å². The van der Waals surface area contributed by atoms with Gasteiger partial charge in [-0.15, -0.1) is 11.3 Å². The molecule has 0 spiro atoms. The second kappa shape index (κ2) is 7.95. The summed E-state index contributed by atoms with van der Waals surface area (Å²) < 4.78 is 40.9. The fourth-order valence-electron chi connectivity index (χ4n) is 3.14. The molecule has 0 aliphatic carbocycles. The molecular weight excluding hydrogens is 359 g/mol. The van der Waals surface area contributed by atoms with Crippen molar-refractivity contribution in [1.29, 1.82) is 0 Å². The summed E-state index contributed by atoms with van der Waals surface area (Å²) in [6.07, 6.45) is 1.94. The highest BCUT2D eigenvalue weighted by atomic mass is 32.2. The molecule has 1 aliphatic heterocycles. The van der Waals surface area contributed by atoms with E-state index in [2.05, 4.69) is 27.1 Å². The van der Waals surface area contributed by atoms with Crippen LogP contribution in [0, 0.1) is 18.7 Å². The zero-order chi connectivity index (χ0) is 17.9. The quantitative estimate of drug-likeness (QED) is 0.833. The fraction of sp³-hybridized carbons (Fsp3) is 0.444. The van der Waals surface area contributed by atoms with Crippen molar-refractivity contribution < 1.29 is 12.8 Å². The molecule has 0 bridgehead atoms. The average molecular weight is 383 g/mol. The summed E-state index contributed by atoms with van der Waals surface area (Å²) in [6, 6.07) is 8.06. The van der Waals surface area contributed by atoms with Crippen LogP contribution in [0.2, 0.25) is 0 Å². The minimum Gasteiger partial charge on any atom is -0.298 e. The number of hydrogen-bond acceptors (Lipinski definition) is 4. The molecule has 1 aromatic carbocycles. The SMILES string of the molecule is Cc1ccc(F)cc1S(=O)(=O)NCC1CCN(Cc2cccs2)CC1. The van der Waals surface area contributed by atoms with Crippen LogP contribution in [-0.4, -0.2) is 33.0 Å². The number of piperidine rings is 1. The smallest absolute Gasteiger partial charge is 0.240 e. The van der Waals surface area contributed by atoms with Crippen molar-refractivity contribution >= 4 is 21.4 Å². The van der Waals surface area contributed by atoms with Gasteiger partial charge in [-0.2, -0.15) is 0 Å². The van der Waals surface area contributed by atoms with E-state index < -0.39 is 15.8 Å². The first-order chi connectivity index (χ1) is 11.9. The second-order valence-electron chi connectivity index (χ2n) is 6.56. The number of hydrogen-bond donors (Lipinski definition) is 1. The van der Waals surface area contributed by atoms with Crippen molar-refractivity contribution in [3.8, 4) is 0 Å². The van der Waals surface area contributed by atoms with E-state index in [1.54, 1.807) is 18.3 Å². The number of benzene rings is 1. The van der Waals surface area contributed by atoms with Crippen LogP contribution >= 0.6 is 11.3 Å². The first-order valence-electron chi connectivity index (χ1n) is 8.44. The molecule has 25 heavy (non-hydrogen) atoms. The Bertz CT molecular complexity index is 798. The van der Waals surface area contributed by atoms with Crippen LogP contribution in [-0.2, 0) is 16.6 Å². The summed E-state index contributed by atoms with van der Waals surface area (Å²) in [5, 5.41) is 2.09. The Morgan fingerprint density at radius 3 is 2.72 bits per heavy atom. The molecule has 1 saturated heterocycles. The van der Waals surface area contributed by atoms with Crippen molar-refractivity contribution in [2.75, 3.05) is 19.6 Å².